The molecule has 0 aliphatic rings. The molecule has 1 heterocycles. The molecule has 2 N–H and O–H groups in total. The lowest BCUT2D eigenvalue weighted by molar-refractivity contribution is 0.234. The molecule has 0 aromatic carbocycles. The predicted octanol–water partition coefficient (Wildman–Crippen LogP) is 5.24. The molecule has 0 amide bonds. The van der Waals surface area contributed by atoms with Gasteiger partial charge in [-0.3, -0.25) is 0 Å². The number of hydrogen-bond donors (Lipinski definition) is 1. The molecule has 92 valence electrons. The molecule has 1 rings (SSSR count). The minimum atomic E-state index is 0.0861. The van der Waals surface area contributed by atoms with Gasteiger partial charge in [0.1, 0.15) is 0 Å². The lowest BCUT2D eigenvalue weighted by Gasteiger charge is -2.29. The van der Waals surface area contributed by atoms with Crippen molar-refractivity contribution in [3.63, 3.8) is 0 Å². The summed E-state index contributed by atoms with van der Waals surface area (Å²) in [6, 6.07) is 2.05. The minimum absolute atomic E-state index is 0.0861. The zero-order chi connectivity index (χ0) is 12.5. The third-order valence-electron chi connectivity index (χ3n) is 3.12. The number of rotatable bonds is 3. The van der Waals surface area contributed by atoms with Gasteiger partial charge in [0.15, 0.2) is 0 Å². The van der Waals surface area contributed by atoms with E-state index in [1.807, 2.05) is 6.07 Å². The Kier molecular flexibility index (Phi) is 4.88. The van der Waals surface area contributed by atoms with E-state index in [9.17, 15) is 0 Å². The fourth-order valence-electron chi connectivity index (χ4n) is 1.40. The molecule has 0 aliphatic carbocycles. The van der Waals surface area contributed by atoms with Gasteiger partial charge in [0.05, 0.1) is 8.81 Å². The van der Waals surface area contributed by atoms with Crippen molar-refractivity contribution in [2.24, 2.45) is 17.1 Å². The predicted molar refractivity (Wildman–Crippen MR) is 77.2 cm³/mol. The number of thiophene rings is 1. The Hall–Kier alpha value is 0.430. The number of hydrogen-bond acceptors (Lipinski definition) is 2. The summed E-state index contributed by atoms with van der Waals surface area (Å²) in [5.74, 6) is 0.585. The maximum atomic E-state index is 6.21. The summed E-state index contributed by atoms with van der Waals surface area (Å²) in [6.07, 6.45) is 0.993. The Bertz CT molecular complexity index is 337. The van der Waals surface area contributed by atoms with Gasteiger partial charge >= 0.3 is 0 Å². The highest BCUT2D eigenvalue weighted by Crippen LogP contribution is 2.38. The molecular formula is C12H19BrClNS. The summed E-state index contributed by atoms with van der Waals surface area (Å²) >= 11 is 11.1. The second-order valence-electron chi connectivity index (χ2n) is 5.38. The fraction of sp³-hybridized carbons (Fsp3) is 0.667. The van der Waals surface area contributed by atoms with Crippen molar-refractivity contribution in [1.29, 1.82) is 0 Å². The van der Waals surface area contributed by atoms with Crippen LogP contribution in [0.5, 0.6) is 0 Å². The quantitative estimate of drug-likeness (QED) is 0.808. The maximum absolute atomic E-state index is 6.21. The molecule has 0 bridgehead atoms. The van der Waals surface area contributed by atoms with Crippen LogP contribution < -0.4 is 5.73 Å². The Morgan fingerprint density at radius 3 is 2.44 bits per heavy atom. The highest BCUT2D eigenvalue weighted by molar-refractivity contribution is 9.11. The zero-order valence-electron chi connectivity index (χ0n) is 10.2. The van der Waals surface area contributed by atoms with Crippen LogP contribution in [0, 0.1) is 11.3 Å². The van der Waals surface area contributed by atoms with E-state index in [0.29, 0.717) is 11.3 Å². The first kappa shape index (κ1) is 14.5. The van der Waals surface area contributed by atoms with Gasteiger partial charge in [-0.05, 0) is 39.8 Å². The molecule has 1 nitrogen and oxygen atoms in total. The summed E-state index contributed by atoms with van der Waals surface area (Å²) in [6.45, 7) is 9.01. The second kappa shape index (κ2) is 5.38. The average molecular weight is 325 g/mol. The van der Waals surface area contributed by atoms with Crippen molar-refractivity contribution >= 4 is 38.9 Å². The molecule has 0 fully saturated rings. The van der Waals surface area contributed by atoms with Gasteiger partial charge in [-0.1, -0.05) is 39.3 Å². The van der Waals surface area contributed by atoms with Gasteiger partial charge in [0, 0.05) is 10.9 Å². The average Bonchev–Trinajstić information content (AvgIpc) is 2.45. The van der Waals surface area contributed by atoms with Crippen molar-refractivity contribution in [3.05, 3.63) is 19.8 Å². The van der Waals surface area contributed by atoms with Gasteiger partial charge in [0.25, 0.3) is 0 Å². The van der Waals surface area contributed by atoms with E-state index < -0.39 is 0 Å². The van der Waals surface area contributed by atoms with Crippen LogP contribution in [0.2, 0.25) is 5.02 Å². The molecule has 1 aromatic heterocycles. The molecule has 0 aliphatic heterocycles. The van der Waals surface area contributed by atoms with Crippen molar-refractivity contribution in [1.82, 2.24) is 0 Å². The lowest BCUT2D eigenvalue weighted by atomic mass is 9.78. The third kappa shape index (κ3) is 3.73. The topological polar surface area (TPSA) is 26.0 Å². The zero-order valence-corrected chi connectivity index (χ0v) is 13.3. The number of nitrogens with two attached hydrogens (primary N) is 1. The molecule has 4 heteroatoms. The van der Waals surface area contributed by atoms with Crippen molar-refractivity contribution < 1.29 is 0 Å². The number of halogens is 2. The molecule has 1 aromatic rings. The van der Waals surface area contributed by atoms with Crippen LogP contribution in [0.25, 0.3) is 0 Å². The molecule has 2 unspecified atom stereocenters. The Labute approximate surface area is 116 Å². The largest absolute Gasteiger partial charge is 0.323 e. The van der Waals surface area contributed by atoms with Crippen molar-refractivity contribution in [3.8, 4) is 0 Å². The summed E-state index contributed by atoms with van der Waals surface area (Å²) < 4.78 is 0.975. The highest BCUT2D eigenvalue weighted by atomic mass is 79.9. The summed E-state index contributed by atoms with van der Waals surface area (Å²) in [5.41, 5.74) is 6.51. The lowest BCUT2D eigenvalue weighted by Crippen LogP contribution is -2.22. The van der Waals surface area contributed by atoms with Gasteiger partial charge in [-0.15, -0.1) is 11.3 Å². The first-order valence-corrected chi connectivity index (χ1v) is 7.41. The van der Waals surface area contributed by atoms with E-state index in [1.165, 1.54) is 0 Å². The molecular weight excluding hydrogens is 306 g/mol. The molecule has 2 atom stereocenters. The van der Waals surface area contributed by atoms with Crippen molar-refractivity contribution in [2.75, 3.05) is 0 Å². The van der Waals surface area contributed by atoms with Gasteiger partial charge in [-0.25, -0.2) is 0 Å². The van der Waals surface area contributed by atoms with Crippen LogP contribution in [-0.4, -0.2) is 0 Å². The molecule has 16 heavy (non-hydrogen) atoms. The molecule has 0 saturated heterocycles. The molecule has 0 radical (unpaired) electrons. The second-order valence-corrected chi connectivity index (χ2v) is 8.19. The summed E-state index contributed by atoms with van der Waals surface area (Å²) in [7, 11) is 0. The molecule has 0 saturated carbocycles. The van der Waals surface area contributed by atoms with Crippen LogP contribution in [0.15, 0.2) is 9.85 Å². The normalized spacial score (nSPS) is 16.2. The van der Waals surface area contributed by atoms with E-state index in [0.717, 1.165) is 20.1 Å². The summed E-state index contributed by atoms with van der Waals surface area (Å²) in [5, 5.41) is 0.763. The van der Waals surface area contributed by atoms with E-state index >= 15 is 0 Å². The minimum Gasteiger partial charge on any atom is -0.323 e. The van der Waals surface area contributed by atoms with E-state index in [2.05, 4.69) is 43.6 Å². The highest BCUT2D eigenvalue weighted by Gasteiger charge is 2.23. The van der Waals surface area contributed by atoms with E-state index in [4.69, 9.17) is 17.3 Å². The van der Waals surface area contributed by atoms with E-state index in [-0.39, 0.29) is 6.04 Å². The van der Waals surface area contributed by atoms with Gasteiger partial charge < -0.3 is 5.73 Å². The maximum Gasteiger partial charge on any atom is 0.0887 e. The first-order valence-electron chi connectivity index (χ1n) is 5.42. The van der Waals surface area contributed by atoms with Crippen molar-refractivity contribution in [2.45, 2.75) is 40.2 Å². The van der Waals surface area contributed by atoms with Crippen LogP contribution in [0.4, 0.5) is 0 Å². The third-order valence-corrected chi connectivity index (χ3v) is 5.72. The monoisotopic (exact) mass is 323 g/mol. The fourth-order valence-corrected chi connectivity index (χ4v) is 3.16. The SMILES string of the molecule is CC(CC(N)c1cc(Cl)c(Br)s1)C(C)(C)C. The smallest absolute Gasteiger partial charge is 0.0887 e. The van der Waals surface area contributed by atoms with Crippen LogP contribution in [0.3, 0.4) is 0 Å². The van der Waals surface area contributed by atoms with E-state index in [1.54, 1.807) is 11.3 Å². The van der Waals surface area contributed by atoms with Crippen LogP contribution in [-0.2, 0) is 0 Å². The Balaban J connectivity index is 2.69. The standard InChI is InChI=1S/C12H19BrClNS/c1-7(12(2,3)4)5-9(15)10-6-8(14)11(13)16-10/h6-7,9H,5,15H2,1-4H3. The Morgan fingerprint density at radius 2 is 2.06 bits per heavy atom. The van der Waals surface area contributed by atoms with Crippen LogP contribution in [0.1, 0.15) is 45.0 Å². The van der Waals surface area contributed by atoms with Gasteiger partial charge in [-0.2, -0.15) is 0 Å². The Morgan fingerprint density at radius 1 is 1.50 bits per heavy atom. The van der Waals surface area contributed by atoms with Gasteiger partial charge in [0.2, 0.25) is 0 Å². The summed E-state index contributed by atoms with van der Waals surface area (Å²) in [4.78, 5) is 1.16. The molecule has 0 spiro atoms. The first-order chi connectivity index (χ1) is 7.21. The van der Waals surface area contributed by atoms with Crippen LogP contribution >= 0.6 is 38.9 Å².